The highest BCUT2D eigenvalue weighted by Gasteiger charge is 2.38. The van der Waals surface area contributed by atoms with Crippen LogP contribution >= 0.6 is 0 Å². The van der Waals surface area contributed by atoms with E-state index in [1.54, 1.807) is 17.0 Å². The molecule has 4 rings (SSSR count). The van der Waals surface area contributed by atoms with E-state index in [9.17, 15) is 9.59 Å². The van der Waals surface area contributed by atoms with E-state index >= 15 is 0 Å². The average molecular weight is 370 g/mol. The molecule has 1 atom stereocenters. The third kappa shape index (κ3) is 3.41. The molecule has 2 amide bonds. The van der Waals surface area contributed by atoms with E-state index in [1.165, 1.54) is 0 Å². The zero-order valence-electron chi connectivity index (χ0n) is 16.0. The number of carbonyl (C=O) groups excluding carboxylic acids is 2. The van der Waals surface area contributed by atoms with Gasteiger partial charge in [-0.25, -0.2) is 0 Å². The smallest absolute Gasteiger partial charge is 0.259 e. The summed E-state index contributed by atoms with van der Waals surface area (Å²) >= 11 is 0. The molecule has 28 heavy (non-hydrogen) atoms. The lowest BCUT2D eigenvalue weighted by Gasteiger charge is -2.25. The predicted octanol–water partition coefficient (Wildman–Crippen LogP) is 4.51. The highest BCUT2D eigenvalue weighted by molar-refractivity contribution is 6.13. The first-order valence-electron chi connectivity index (χ1n) is 9.38. The van der Waals surface area contributed by atoms with Crippen molar-refractivity contribution in [3.8, 4) is 0 Å². The standard InChI is InChI=1S/C24H22N2O2/c1-16-12-17(2)14-20(13-16)25-23(27)22-15-19-10-6-7-11-21(19)26(22)24(28)18-8-4-3-5-9-18/h3-14,22H,15H2,1-2H3,(H,25,27)/t22-/m0/s1. The summed E-state index contributed by atoms with van der Waals surface area (Å²) in [5.41, 5.74) is 5.31. The van der Waals surface area contributed by atoms with Gasteiger partial charge in [0, 0.05) is 23.4 Å². The lowest BCUT2D eigenvalue weighted by atomic mass is 10.1. The van der Waals surface area contributed by atoms with Gasteiger partial charge < -0.3 is 5.32 Å². The third-order valence-corrected chi connectivity index (χ3v) is 5.01. The molecule has 0 spiro atoms. The van der Waals surface area contributed by atoms with Gasteiger partial charge in [-0.2, -0.15) is 0 Å². The van der Waals surface area contributed by atoms with Crippen LogP contribution in [0.3, 0.4) is 0 Å². The maximum absolute atomic E-state index is 13.2. The molecular formula is C24H22N2O2. The molecule has 4 heteroatoms. The molecule has 140 valence electrons. The van der Waals surface area contributed by atoms with Gasteiger partial charge in [-0.15, -0.1) is 0 Å². The van der Waals surface area contributed by atoms with Crippen molar-refractivity contribution >= 4 is 23.2 Å². The van der Waals surface area contributed by atoms with Crippen LogP contribution in [0, 0.1) is 13.8 Å². The van der Waals surface area contributed by atoms with E-state index in [1.807, 2.05) is 68.4 Å². The molecule has 0 radical (unpaired) electrons. The first-order valence-corrected chi connectivity index (χ1v) is 9.38. The summed E-state index contributed by atoms with van der Waals surface area (Å²) in [7, 11) is 0. The fourth-order valence-corrected chi connectivity index (χ4v) is 3.84. The number of nitrogens with zero attached hydrogens (tertiary/aromatic N) is 1. The van der Waals surface area contributed by atoms with Gasteiger partial charge in [0.25, 0.3) is 5.91 Å². The van der Waals surface area contributed by atoms with Crippen LogP contribution in [0.1, 0.15) is 27.0 Å². The van der Waals surface area contributed by atoms with Crippen molar-refractivity contribution in [3.05, 3.63) is 95.1 Å². The summed E-state index contributed by atoms with van der Waals surface area (Å²) in [6, 6.07) is 22.2. The van der Waals surface area contributed by atoms with Crippen LogP contribution < -0.4 is 10.2 Å². The Hall–Kier alpha value is -3.40. The second-order valence-corrected chi connectivity index (χ2v) is 7.26. The van der Waals surface area contributed by atoms with E-state index in [-0.39, 0.29) is 11.8 Å². The normalized spacial score (nSPS) is 15.2. The van der Waals surface area contributed by atoms with E-state index in [2.05, 4.69) is 11.4 Å². The Morgan fingerprint density at radius 3 is 2.25 bits per heavy atom. The van der Waals surface area contributed by atoms with E-state index in [0.717, 1.165) is 28.1 Å². The summed E-state index contributed by atoms with van der Waals surface area (Å²) in [6.07, 6.45) is 0.505. The van der Waals surface area contributed by atoms with Gasteiger partial charge in [0.2, 0.25) is 5.91 Å². The molecule has 1 aliphatic heterocycles. The van der Waals surface area contributed by atoms with Crippen molar-refractivity contribution in [3.63, 3.8) is 0 Å². The minimum atomic E-state index is -0.578. The molecule has 0 aromatic heterocycles. The second-order valence-electron chi connectivity index (χ2n) is 7.26. The number of anilines is 2. The van der Waals surface area contributed by atoms with Gasteiger partial charge in [0.15, 0.2) is 0 Å². The number of amides is 2. The number of hydrogen-bond donors (Lipinski definition) is 1. The summed E-state index contributed by atoms with van der Waals surface area (Å²) in [6.45, 7) is 4.00. The van der Waals surface area contributed by atoms with E-state index in [4.69, 9.17) is 0 Å². The molecule has 0 aliphatic carbocycles. The molecule has 1 heterocycles. The molecule has 1 N–H and O–H groups in total. The lowest BCUT2D eigenvalue weighted by Crippen LogP contribution is -2.45. The number of fused-ring (bicyclic) bond motifs is 1. The molecular weight excluding hydrogens is 348 g/mol. The van der Waals surface area contributed by atoms with Gasteiger partial charge >= 0.3 is 0 Å². The zero-order valence-corrected chi connectivity index (χ0v) is 16.0. The van der Waals surface area contributed by atoms with Crippen LogP contribution in [0.4, 0.5) is 11.4 Å². The van der Waals surface area contributed by atoms with Crippen LogP contribution in [0.15, 0.2) is 72.8 Å². The average Bonchev–Trinajstić information content (AvgIpc) is 3.07. The Balaban J connectivity index is 1.67. The van der Waals surface area contributed by atoms with Gasteiger partial charge in [-0.1, -0.05) is 42.5 Å². The van der Waals surface area contributed by atoms with Gasteiger partial charge in [-0.3, -0.25) is 14.5 Å². The fourth-order valence-electron chi connectivity index (χ4n) is 3.84. The Labute approximate surface area is 164 Å². The minimum absolute atomic E-state index is 0.161. The van der Waals surface area contributed by atoms with E-state index < -0.39 is 6.04 Å². The fraction of sp³-hybridized carbons (Fsp3) is 0.167. The summed E-state index contributed by atoms with van der Waals surface area (Å²) in [4.78, 5) is 28.0. The molecule has 4 nitrogen and oxygen atoms in total. The van der Waals surface area contributed by atoms with Crippen molar-refractivity contribution < 1.29 is 9.59 Å². The molecule has 0 bridgehead atoms. The third-order valence-electron chi connectivity index (χ3n) is 5.01. The Kier molecular flexibility index (Phi) is 4.70. The largest absolute Gasteiger partial charge is 0.324 e. The van der Waals surface area contributed by atoms with Crippen LogP contribution in [-0.2, 0) is 11.2 Å². The van der Waals surface area contributed by atoms with Crippen LogP contribution in [0.5, 0.6) is 0 Å². The first-order chi connectivity index (χ1) is 13.5. The second kappa shape index (κ2) is 7.31. The van der Waals surface area contributed by atoms with E-state index in [0.29, 0.717) is 12.0 Å². The monoisotopic (exact) mass is 370 g/mol. The number of aryl methyl sites for hydroxylation is 2. The van der Waals surface area contributed by atoms with Crippen molar-refractivity contribution in [2.75, 3.05) is 10.2 Å². The van der Waals surface area contributed by atoms with Gasteiger partial charge in [0.1, 0.15) is 6.04 Å². The summed E-state index contributed by atoms with van der Waals surface area (Å²) in [5.74, 6) is -0.336. The Bertz CT molecular complexity index is 1020. The highest BCUT2D eigenvalue weighted by Crippen LogP contribution is 2.34. The van der Waals surface area contributed by atoms with Crippen molar-refractivity contribution in [2.45, 2.75) is 26.3 Å². The molecule has 1 aliphatic rings. The minimum Gasteiger partial charge on any atom is -0.324 e. The quantitative estimate of drug-likeness (QED) is 0.737. The van der Waals surface area contributed by atoms with Gasteiger partial charge in [-0.05, 0) is 60.9 Å². The molecule has 0 unspecified atom stereocenters. The van der Waals surface area contributed by atoms with Crippen LogP contribution in [0.25, 0.3) is 0 Å². The molecule has 0 saturated heterocycles. The van der Waals surface area contributed by atoms with Gasteiger partial charge in [0.05, 0.1) is 0 Å². The number of benzene rings is 3. The number of rotatable bonds is 3. The van der Waals surface area contributed by atoms with Crippen LogP contribution in [0.2, 0.25) is 0 Å². The number of nitrogens with one attached hydrogen (secondary N) is 1. The zero-order chi connectivity index (χ0) is 19.7. The highest BCUT2D eigenvalue weighted by atomic mass is 16.2. The number of para-hydroxylation sites is 1. The lowest BCUT2D eigenvalue weighted by molar-refractivity contribution is -0.117. The molecule has 3 aromatic carbocycles. The molecule has 0 fully saturated rings. The number of carbonyl (C=O) groups is 2. The predicted molar refractivity (Wildman–Crippen MR) is 112 cm³/mol. The molecule has 0 saturated carbocycles. The summed E-state index contributed by atoms with van der Waals surface area (Å²) in [5, 5.41) is 3.00. The van der Waals surface area contributed by atoms with Crippen molar-refractivity contribution in [1.82, 2.24) is 0 Å². The number of hydrogen-bond acceptors (Lipinski definition) is 2. The maximum atomic E-state index is 13.2. The Morgan fingerprint density at radius 1 is 0.893 bits per heavy atom. The van der Waals surface area contributed by atoms with Crippen LogP contribution in [-0.4, -0.2) is 17.9 Å². The maximum Gasteiger partial charge on any atom is 0.259 e. The first kappa shape index (κ1) is 18.0. The van der Waals surface area contributed by atoms with Crippen molar-refractivity contribution in [1.29, 1.82) is 0 Å². The SMILES string of the molecule is Cc1cc(C)cc(NC(=O)[C@@H]2Cc3ccccc3N2C(=O)c2ccccc2)c1. The summed E-state index contributed by atoms with van der Waals surface area (Å²) < 4.78 is 0. The van der Waals surface area contributed by atoms with Crippen molar-refractivity contribution in [2.24, 2.45) is 0 Å². The molecule has 3 aromatic rings. The Morgan fingerprint density at radius 2 is 1.54 bits per heavy atom. The topological polar surface area (TPSA) is 49.4 Å².